The highest BCUT2D eigenvalue weighted by Gasteiger charge is 2.23. The number of hydrogen-bond acceptors (Lipinski definition) is 5. The minimum absolute atomic E-state index is 0.0774. The normalized spacial score (nSPS) is 11.8. The summed E-state index contributed by atoms with van der Waals surface area (Å²) in [6.45, 7) is 0. The molecule has 218 valence electrons. The summed E-state index contributed by atoms with van der Waals surface area (Å²) in [5.74, 6) is -2.50. The number of fused-ring (bicyclic) bond motifs is 3. The van der Waals surface area contributed by atoms with E-state index in [4.69, 9.17) is 4.42 Å². The third-order valence-corrected chi connectivity index (χ3v) is 8.55. The number of para-hydroxylation sites is 2. The van der Waals surface area contributed by atoms with E-state index >= 15 is 0 Å². The largest absolute Gasteiger partial charge is 0.480 e. The second-order valence-electron chi connectivity index (χ2n) is 10.3. The molecule has 6 aromatic rings. The molecule has 44 heavy (non-hydrogen) atoms. The van der Waals surface area contributed by atoms with Gasteiger partial charge in [0.15, 0.2) is 0 Å². The van der Waals surface area contributed by atoms with Crippen LogP contribution in [0.3, 0.4) is 0 Å². The number of aliphatic carboxylic acids is 1. The van der Waals surface area contributed by atoms with E-state index in [2.05, 4.69) is 53.8 Å². The molecule has 6 rings (SSSR count). The summed E-state index contributed by atoms with van der Waals surface area (Å²) in [5, 5.41) is 23.6. The lowest BCUT2D eigenvalue weighted by molar-refractivity contribution is -0.138. The van der Waals surface area contributed by atoms with Crippen LogP contribution in [-0.4, -0.2) is 39.9 Å². The van der Waals surface area contributed by atoms with Crippen LogP contribution in [0, 0.1) is 0 Å². The molecule has 0 bridgehead atoms. The van der Waals surface area contributed by atoms with Crippen LogP contribution in [0.1, 0.15) is 26.3 Å². The number of hydrogen-bond donors (Lipinski definition) is 3. The van der Waals surface area contributed by atoms with Gasteiger partial charge in [-0.2, -0.15) is 11.8 Å². The molecule has 0 fully saturated rings. The second kappa shape index (κ2) is 12.5. The number of thioether (sulfide) groups is 1. The predicted octanol–water partition coefficient (Wildman–Crippen LogP) is 7.73. The molecule has 0 unspecified atom stereocenters. The Hall–Kier alpha value is -5.34. The highest BCUT2D eigenvalue weighted by molar-refractivity contribution is 7.98. The van der Waals surface area contributed by atoms with Crippen molar-refractivity contribution in [3.8, 4) is 22.3 Å². The lowest BCUT2D eigenvalue weighted by Crippen LogP contribution is -2.43. The molecule has 1 heterocycles. The fourth-order valence-corrected chi connectivity index (χ4v) is 6.19. The Balaban J connectivity index is 1.09. The fraction of sp³-hybridized carbons (Fsp3) is 0.0833. The van der Waals surface area contributed by atoms with Crippen molar-refractivity contribution in [1.29, 1.82) is 0 Å². The standard InChI is InChI=1S/C36H27NO6S/c38-34(29-7-1-2-8-30(29)35(39)40)37-31(36(41)42)21-44-20-22-12-14-23(15-13-22)24-16-18-25(19-17-24)26-9-5-10-28-27-6-3-4-11-32(27)43-33(26)28/h1-19,31H,20-21H2,(H,37,38)(H,39,40)(H,41,42)/t31-/m0/s1. The highest BCUT2D eigenvalue weighted by atomic mass is 32.2. The van der Waals surface area contributed by atoms with Gasteiger partial charge in [0.05, 0.1) is 11.1 Å². The van der Waals surface area contributed by atoms with E-state index in [-0.39, 0.29) is 16.9 Å². The van der Waals surface area contributed by atoms with Gasteiger partial charge < -0.3 is 19.9 Å². The summed E-state index contributed by atoms with van der Waals surface area (Å²) in [5.41, 5.74) is 6.73. The molecule has 0 aliphatic carbocycles. The highest BCUT2D eigenvalue weighted by Crippen LogP contribution is 2.36. The van der Waals surface area contributed by atoms with E-state index in [1.165, 1.54) is 36.0 Å². The lowest BCUT2D eigenvalue weighted by Gasteiger charge is -2.15. The van der Waals surface area contributed by atoms with Gasteiger partial charge in [0.1, 0.15) is 17.2 Å². The van der Waals surface area contributed by atoms with Gasteiger partial charge >= 0.3 is 11.9 Å². The molecule has 1 aromatic heterocycles. The maximum Gasteiger partial charge on any atom is 0.336 e. The van der Waals surface area contributed by atoms with Gasteiger partial charge in [-0.05, 0) is 40.5 Å². The molecule has 1 atom stereocenters. The number of carbonyl (C=O) groups is 3. The minimum atomic E-state index is -1.25. The first kappa shape index (κ1) is 28.8. The van der Waals surface area contributed by atoms with E-state index in [9.17, 15) is 24.6 Å². The molecule has 1 amide bonds. The third kappa shape index (κ3) is 5.93. The molecule has 0 aliphatic heterocycles. The maximum atomic E-state index is 12.6. The number of furan rings is 1. The van der Waals surface area contributed by atoms with E-state index < -0.39 is 23.9 Å². The van der Waals surface area contributed by atoms with Crippen molar-refractivity contribution in [2.75, 3.05) is 5.75 Å². The minimum Gasteiger partial charge on any atom is -0.480 e. The molecular weight excluding hydrogens is 574 g/mol. The fourth-order valence-electron chi connectivity index (χ4n) is 5.18. The maximum absolute atomic E-state index is 12.6. The van der Waals surface area contributed by atoms with Crippen LogP contribution in [-0.2, 0) is 10.5 Å². The zero-order valence-corrected chi connectivity index (χ0v) is 24.2. The Kier molecular flexibility index (Phi) is 8.16. The van der Waals surface area contributed by atoms with Crippen molar-refractivity contribution in [3.05, 3.63) is 132 Å². The van der Waals surface area contributed by atoms with Crippen LogP contribution in [0.2, 0.25) is 0 Å². The van der Waals surface area contributed by atoms with Crippen molar-refractivity contribution < 1.29 is 29.0 Å². The number of benzene rings is 5. The number of nitrogens with one attached hydrogen (secondary N) is 1. The molecule has 7 nitrogen and oxygen atoms in total. The van der Waals surface area contributed by atoms with E-state index in [1.54, 1.807) is 0 Å². The molecule has 8 heteroatoms. The van der Waals surface area contributed by atoms with Crippen LogP contribution in [0.5, 0.6) is 0 Å². The monoisotopic (exact) mass is 601 g/mol. The van der Waals surface area contributed by atoms with Crippen LogP contribution < -0.4 is 5.32 Å². The van der Waals surface area contributed by atoms with Crippen molar-refractivity contribution in [1.82, 2.24) is 5.32 Å². The molecule has 0 saturated heterocycles. The van der Waals surface area contributed by atoms with Crippen LogP contribution >= 0.6 is 11.8 Å². The Bertz CT molecular complexity index is 2000. The second-order valence-corrected chi connectivity index (χ2v) is 11.3. The first-order valence-corrected chi connectivity index (χ1v) is 15.1. The average molecular weight is 602 g/mol. The molecule has 0 saturated carbocycles. The van der Waals surface area contributed by atoms with Gasteiger partial charge in [0.25, 0.3) is 5.91 Å². The summed E-state index contributed by atoms with van der Waals surface area (Å²) in [6.07, 6.45) is 0. The molecule has 0 spiro atoms. The molecule has 5 aromatic carbocycles. The smallest absolute Gasteiger partial charge is 0.336 e. The number of carbonyl (C=O) groups excluding carboxylic acids is 1. The van der Waals surface area contributed by atoms with Gasteiger partial charge in [-0.25, -0.2) is 9.59 Å². The third-order valence-electron chi connectivity index (χ3n) is 7.45. The SMILES string of the molecule is O=C(O)c1ccccc1C(=O)N[C@@H](CSCc1ccc(-c2ccc(-c3cccc4c3oc3ccccc34)cc2)cc1)C(=O)O. The summed E-state index contributed by atoms with van der Waals surface area (Å²) in [6, 6.07) is 35.2. The summed E-state index contributed by atoms with van der Waals surface area (Å²) < 4.78 is 6.20. The average Bonchev–Trinajstić information content (AvgIpc) is 3.43. The lowest BCUT2D eigenvalue weighted by atomic mass is 9.98. The van der Waals surface area contributed by atoms with Crippen molar-refractivity contribution in [2.45, 2.75) is 11.8 Å². The Labute approximate surface area is 257 Å². The Morgan fingerprint density at radius 1 is 0.682 bits per heavy atom. The zero-order valence-electron chi connectivity index (χ0n) is 23.4. The van der Waals surface area contributed by atoms with Gasteiger partial charge in [-0.3, -0.25) is 4.79 Å². The number of aromatic carboxylic acids is 1. The van der Waals surface area contributed by atoms with Gasteiger partial charge in [0.2, 0.25) is 0 Å². The van der Waals surface area contributed by atoms with Crippen molar-refractivity contribution in [2.24, 2.45) is 0 Å². The first-order chi connectivity index (χ1) is 21.4. The summed E-state index contributed by atoms with van der Waals surface area (Å²) >= 11 is 1.37. The number of carboxylic acids is 2. The molecular formula is C36H27NO6S. The van der Waals surface area contributed by atoms with Crippen LogP contribution in [0.15, 0.2) is 120 Å². The first-order valence-electron chi connectivity index (χ1n) is 13.9. The topological polar surface area (TPSA) is 117 Å². The predicted molar refractivity (Wildman–Crippen MR) is 173 cm³/mol. The number of carboxylic acid groups (broad SMARTS) is 2. The van der Waals surface area contributed by atoms with Gasteiger partial charge in [0, 0.05) is 27.8 Å². The number of rotatable bonds is 10. The van der Waals surface area contributed by atoms with E-state index in [1.807, 2.05) is 42.5 Å². The Morgan fingerprint density at radius 3 is 2.00 bits per heavy atom. The van der Waals surface area contributed by atoms with E-state index in [0.717, 1.165) is 49.8 Å². The van der Waals surface area contributed by atoms with Crippen molar-refractivity contribution in [3.63, 3.8) is 0 Å². The van der Waals surface area contributed by atoms with E-state index in [0.29, 0.717) is 5.75 Å². The van der Waals surface area contributed by atoms with Gasteiger partial charge in [-0.15, -0.1) is 0 Å². The van der Waals surface area contributed by atoms with Crippen LogP contribution in [0.4, 0.5) is 0 Å². The summed E-state index contributed by atoms with van der Waals surface area (Å²) in [7, 11) is 0. The molecule has 3 N–H and O–H groups in total. The summed E-state index contributed by atoms with van der Waals surface area (Å²) in [4.78, 5) is 35.9. The Morgan fingerprint density at radius 2 is 1.30 bits per heavy atom. The zero-order chi connectivity index (χ0) is 30.6. The van der Waals surface area contributed by atoms with Gasteiger partial charge in [-0.1, -0.05) is 97.1 Å². The number of amides is 1. The van der Waals surface area contributed by atoms with Crippen molar-refractivity contribution >= 4 is 51.5 Å². The quantitative estimate of drug-likeness (QED) is 0.147. The van der Waals surface area contributed by atoms with Crippen LogP contribution in [0.25, 0.3) is 44.2 Å². The molecule has 0 aliphatic rings. The molecule has 0 radical (unpaired) electrons.